The molecule has 0 aromatic heterocycles. The molecule has 1 aromatic carbocycles. The van der Waals surface area contributed by atoms with E-state index in [1.807, 2.05) is 0 Å². The van der Waals surface area contributed by atoms with Gasteiger partial charge in [-0.2, -0.15) is 8.78 Å². The van der Waals surface area contributed by atoms with Crippen LogP contribution in [0, 0.1) is 0 Å². The molecule has 4 nitrogen and oxygen atoms in total. The topological polar surface area (TPSA) is 41.6 Å². The summed E-state index contributed by atoms with van der Waals surface area (Å²) in [6.45, 7) is -1.66. The molecule has 0 spiro atoms. The molecule has 2 fully saturated rings. The fourth-order valence-corrected chi connectivity index (χ4v) is 3.14. The standard InChI is InChI=1S/C15H18F2N2O2.ClH/c16-15(17)21-13-4-2-1-3-12(13)14(20)19-8-7-10-5-6-11(9-19)18-10;/h1-4,10-11,15,18H,5-9H2;1H. The van der Waals surface area contributed by atoms with Gasteiger partial charge in [-0.25, -0.2) is 0 Å². The van der Waals surface area contributed by atoms with Crippen molar-refractivity contribution in [3.05, 3.63) is 29.8 Å². The van der Waals surface area contributed by atoms with Crippen LogP contribution in [0.4, 0.5) is 8.78 Å². The van der Waals surface area contributed by atoms with E-state index in [2.05, 4.69) is 10.1 Å². The van der Waals surface area contributed by atoms with Gasteiger partial charge in [0.2, 0.25) is 0 Å². The lowest BCUT2D eigenvalue weighted by Gasteiger charge is -2.25. The first-order chi connectivity index (χ1) is 10.1. The van der Waals surface area contributed by atoms with E-state index in [0.29, 0.717) is 25.2 Å². The molecule has 1 aromatic rings. The zero-order valence-corrected chi connectivity index (χ0v) is 12.8. The number of nitrogens with zero attached hydrogens (tertiary/aromatic N) is 1. The number of alkyl halides is 2. The Morgan fingerprint density at radius 3 is 2.73 bits per heavy atom. The highest BCUT2D eigenvalue weighted by Crippen LogP contribution is 2.25. The summed E-state index contributed by atoms with van der Waals surface area (Å²) in [5, 5.41) is 3.49. The third-order valence-corrected chi connectivity index (χ3v) is 4.14. The molecule has 0 aliphatic carbocycles. The van der Waals surface area contributed by atoms with Crippen LogP contribution in [-0.2, 0) is 0 Å². The van der Waals surface area contributed by atoms with Gasteiger partial charge in [-0.05, 0) is 31.4 Å². The number of ether oxygens (including phenoxy) is 1. The number of halogens is 3. The minimum Gasteiger partial charge on any atom is -0.434 e. The number of amides is 1. The van der Waals surface area contributed by atoms with E-state index < -0.39 is 6.61 Å². The minimum absolute atomic E-state index is 0. The second-order valence-electron chi connectivity index (χ2n) is 5.55. The zero-order valence-electron chi connectivity index (χ0n) is 12.0. The molecule has 122 valence electrons. The van der Waals surface area contributed by atoms with E-state index in [0.717, 1.165) is 19.3 Å². The maximum absolute atomic E-state index is 12.6. The summed E-state index contributed by atoms with van der Waals surface area (Å²) in [6.07, 6.45) is 3.11. The molecule has 2 bridgehead atoms. The van der Waals surface area contributed by atoms with Crippen molar-refractivity contribution in [3.8, 4) is 5.75 Å². The highest BCUT2D eigenvalue weighted by atomic mass is 35.5. The first kappa shape index (κ1) is 17.0. The van der Waals surface area contributed by atoms with Gasteiger partial charge in [0.25, 0.3) is 5.91 Å². The van der Waals surface area contributed by atoms with Gasteiger partial charge in [0.1, 0.15) is 5.75 Å². The van der Waals surface area contributed by atoms with Crippen LogP contribution < -0.4 is 10.1 Å². The lowest BCUT2D eigenvalue weighted by molar-refractivity contribution is -0.0502. The van der Waals surface area contributed by atoms with E-state index in [4.69, 9.17) is 0 Å². The van der Waals surface area contributed by atoms with E-state index in [9.17, 15) is 13.6 Å². The molecule has 0 saturated carbocycles. The lowest BCUT2D eigenvalue weighted by Crippen LogP contribution is -2.39. The Balaban J connectivity index is 0.00000176. The van der Waals surface area contributed by atoms with Crippen LogP contribution in [0.3, 0.4) is 0 Å². The maximum Gasteiger partial charge on any atom is 0.387 e. The average molecular weight is 333 g/mol. The molecule has 2 unspecified atom stereocenters. The first-order valence-corrected chi connectivity index (χ1v) is 7.22. The van der Waals surface area contributed by atoms with Crippen molar-refractivity contribution < 1.29 is 18.3 Å². The summed E-state index contributed by atoms with van der Waals surface area (Å²) in [5.41, 5.74) is 0.204. The second-order valence-corrected chi connectivity index (χ2v) is 5.55. The number of carbonyl (C=O) groups is 1. The van der Waals surface area contributed by atoms with Crippen molar-refractivity contribution in [3.63, 3.8) is 0 Å². The van der Waals surface area contributed by atoms with E-state index in [1.54, 1.807) is 17.0 Å². The first-order valence-electron chi connectivity index (χ1n) is 7.22. The van der Waals surface area contributed by atoms with Crippen LogP contribution in [0.25, 0.3) is 0 Å². The van der Waals surface area contributed by atoms with Crippen molar-refractivity contribution in [2.75, 3.05) is 13.1 Å². The van der Waals surface area contributed by atoms with Gasteiger partial charge in [-0.3, -0.25) is 4.79 Å². The number of hydrogen-bond acceptors (Lipinski definition) is 3. The smallest absolute Gasteiger partial charge is 0.387 e. The van der Waals surface area contributed by atoms with Gasteiger partial charge in [0, 0.05) is 25.2 Å². The normalized spacial score (nSPS) is 23.9. The molecule has 0 radical (unpaired) electrons. The molecular formula is C15H19ClF2N2O2. The predicted molar refractivity (Wildman–Crippen MR) is 80.8 cm³/mol. The highest BCUT2D eigenvalue weighted by molar-refractivity contribution is 5.97. The zero-order chi connectivity index (χ0) is 14.8. The molecule has 1 N–H and O–H groups in total. The van der Waals surface area contributed by atoms with Gasteiger partial charge >= 0.3 is 6.61 Å². The third kappa shape index (κ3) is 3.67. The molecule has 7 heteroatoms. The second kappa shape index (κ2) is 7.24. The molecule has 3 rings (SSSR count). The van der Waals surface area contributed by atoms with Crippen LogP contribution in [0.2, 0.25) is 0 Å². The van der Waals surface area contributed by atoms with Crippen molar-refractivity contribution >= 4 is 18.3 Å². The molecule has 1 amide bonds. The van der Waals surface area contributed by atoms with Gasteiger partial charge in [-0.1, -0.05) is 12.1 Å². The largest absolute Gasteiger partial charge is 0.434 e. The number of likely N-dealkylation sites (tertiary alicyclic amines) is 1. The SMILES string of the molecule is Cl.O=C(c1ccccc1OC(F)F)N1CCC2CCC(C1)N2. The number of hydrogen-bond donors (Lipinski definition) is 1. The Bertz CT molecular complexity index is 530. The van der Waals surface area contributed by atoms with Crippen molar-refractivity contribution in [2.45, 2.75) is 38.0 Å². The van der Waals surface area contributed by atoms with Crippen LogP contribution in [0.1, 0.15) is 29.6 Å². The summed E-state index contributed by atoms with van der Waals surface area (Å²) >= 11 is 0. The highest BCUT2D eigenvalue weighted by Gasteiger charge is 2.32. The summed E-state index contributed by atoms with van der Waals surface area (Å²) in [7, 11) is 0. The minimum atomic E-state index is -2.93. The van der Waals surface area contributed by atoms with Gasteiger partial charge in [0.15, 0.2) is 0 Å². The fourth-order valence-electron chi connectivity index (χ4n) is 3.14. The molecule has 2 heterocycles. The molecule has 2 atom stereocenters. The molecule has 2 aliphatic heterocycles. The molecule has 2 saturated heterocycles. The summed E-state index contributed by atoms with van der Waals surface area (Å²) in [4.78, 5) is 14.3. The predicted octanol–water partition coefficient (Wildman–Crippen LogP) is 2.68. The summed E-state index contributed by atoms with van der Waals surface area (Å²) < 4.78 is 29.3. The Hall–Kier alpha value is -1.40. The van der Waals surface area contributed by atoms with Crippen LogP contribution in [0.5, 0.6) is 5.75 Å². The van der Waals surface area contributed by atoms with Crippen molar-refractivity contribution in [1.29, 1.82) is 0 Å². The number of para-hydroxylation sites is 1. The Kier molecular flexibility index (Phi) is 5.58. The van der Waals surface area contributed by atoms with Gasteiger partial charge in [-0.15, -0.1) is 12.4 Å². The monoisotopic (exact) mass is 332 g/mol. The van der Waals surface area contributed by atoms with Crippen LogP contribution >= 0.6 is 12.4 Å². The van der Waals surface area contributed by atoms with Crippen molar-refractivity contribution in [1.82, 2.24) is 10.2 Å². The maximum atomic E-state index is 12.6. The Labute approximate surface area is 134 Å². The molecular weight excluding hydrogens is 314 g/mol. The third-order valence-electron chi connectivity index (χ3n) is 4.14. The molecule has 2 aliphatic rings. The van der Waals surface area contributed by atoms with E-state index in [1.165, 1.54) is 12.1 Å². The Morgan fingerprint density at radius 2 is 1.95 bits per heavy atom. The number of carbonyl (C=O) groups excluding carboxylic acids is 1. The number of benzene rings is 1. The summed E-state index contributed by atoms with van der Waals surface area (Å²) in [6, 6.07) is 6.97. The number of rotatable bonds is 3. The van der Waals surface area contributed by atoms with Crippen LogP contribution in [-0.4, -0.2) is 42.6 Å². The van der Waals surface area contributed by atoms with Gasteiger partial charge in [0.05, 0.1) is 5.56 Å². The van der Waals surface area contributed by atoms with Gasteiger partial charge < -0.3 is 15.0 Å². The lowest BCUT2D eigenvalue weighted by atomic mass is 10.1. The van der Waals surface area contributed by atoms with E-state index >= 15 is 0 Å². The quantitative estimate of drug-likeness (QED) is 0.925. The number of nitrogens with one attached hydrogen (secondary N) is 1. The number of fused-ring (bicyclic) bond motifs is 2. The average Bonchev–Trinajstić information content (AvgIpc) is 2.77. The fraction of sp³-hybridized carbons (Fsp3) is 0.533. The molecule has 22 heavy (non-hydrogen) atoms. The summed E-state index contributed by atoms with van der Waals surface area (Å²) in [5.74, 6) is -0.291. The van der Waals surface area contributed by atoms with Crippen molar-refractivity contribution in [2.24, 2.45) is 0 Å². The Morgan fingerprint density at radius 1 is 1.23 bits per heavy atom. The van der Waals surface area contributed by atoms with E-state index in [-0.39, 0.29) is 29.6 Å². The van der Waals surface area contributed by atoms with Crippen LogP contribution in [0.15, 0.2) is 24.3 Å².